The Morgan fingerprint density at radius 2 is 2.00 bits per heavy atom. The molecule has 34 heavy (non-hydrogen) atoms. The second-order valence-corrected chi connectivity index (χ2v) is 9.14. The first-order chi connectivity index (χ1) is 16.5. The number of ether oxygens (including phenoxy) is 1. The summed E-state index contributed by atoms with van der Waals surface area (Å²) >= 11 is 1.53. The maximum atomic E-state index is 13.3. The second kappa shape index (κ2) is 10.7. The summed E-state index contributed by atoms with van der Waals surface area (Å²) in [6.07, 6.45) is 4.38. The van der Waals surface area contributed by atoms with E-state index in [1.807, 2.05) is 48.5 Å². The molecule has 2 heterocycles. The molecule has 0 saturated heterocycles. The van der Waals surface area contributed by atoms with Crippen molar-refractivity contribution in [1.82, 2.24) is 10.1 Å². The Bertz CT molecular complexity index is 1240. The van der Waals surface area contributed by atoms with Gasteiger partial charge in [0, 0.05) is 23.3 Å². The lowest BCUT2D eigenvalue weighted by molar-refractivity contribution is -0.763. The largest absolute Gasteiger partial charge is 0.490 e. The lowest BCUT2D eigenvalue weighted by atomic mass is 10.0. The molecule has 1 N–H and O–H groups in total. The Morgan fingerprint density at radius 3 is 2.71 bits per heavy atom. The lowest BCUT2D eigenvalue weighted by Crippen LogP contribution is -2.60. The number of hydrogen-bond acceptors (Lipinski definition) is 5. The zero-order chi connectivity index (χ0) is 24.1. The van der Waals surface area contributed by atoms with Crippen molar-refractivity contribution >= 4 is 23.4 Å². The van der Waals surface area contributed by atoms with Crippen molar-refractivity contribution in [1.29, 1.82) is 0 Å². The number of fused-ring (bicyclic) bond motifs is 3. The van der Waals surface area contributed by atoms with E-state index >= 15 is 0 Å². The summed E-state index contributed by atoms with van der Waals surface area (Å²) in [5.41, 5.74) is 2.39. The van der Waals surface area contributed by atoms with Crippen LogP contribution in [-0.2, 0) is 4.79 Å². The number of aromatic nitrogens is 3. The van der Waals surface area contributed by atoms with Gasteiger partial charge in [-0.1, -0.05) is 56.3 Å². The molecule has 0 saturated carbocycles. The summed E-state index contributed by atoms with van der Waals surface area (Å²) in [6.45, 7) is 7.77. The number of H-pyrrole nitrogens is 1. The van der Waals surface area contributed by atoms with Crippen molar-refractivity contribution in [2.75, 3.05) is 17.3 Å². The van der Waals surface area contributed by atoms with E-state index in [4.69, 9.17) is 9.84 Å². The van der Waals surface area contributed by atoms with E-state index < -0.39 is 6.17 Å². The second-order valence-electron chi connectivity index (χ2n) is 8.06. The number of thioether (sulfide) groups is 1. The van der Waals surface area contributed by atoms with E-state index in [-0.39, 0.29) is 11.5 Å². The van der Waals surface area contributed by atoms with E-state index in [0.29, 0.717) is 34.5 Å². The molecule has 3 aromatic rings. The van der Waals surface area contributed by atoms with Gasteiger partial charge in [-0.05, 0) is 47.5 Å². The smallest absolute Gasteiger partial charge is 0.325 e. The third-order valence-electron chi connectivity index (χ3n) is 5.63. The average Bonchev–Trinajstić information content (AvgIpc) is 2.84. The molecule has 0 radical (unpaired) electrons. The molecule has 1 unspecified atom stereocenters. The van der Waals surface area contributed by atoms with Crippen molar-refractivity contribution in [2.24, 2.45) is 0 Å². The van der Waals surface area contributed by atoms with Crippen LogP contribution in [0.25, 0.3) is 11.3 Å². The van der Waals surface area contributed by atoms with Gasteiger partial charge in [0.1, 0.15) is 12.4 Å². The molecule has 7 nitrogen and oxygen atoms in total. The molecule has 0 fully saturated rings. The minimum Gasteiger partial charge on any atom is -0.490 e. The predicted molar refractivity (Wildman–Crippen MR) is 134 cm³/mol. The van der Waals surface area contributed by atoms with Gasteiger partial charge in [-0.15, -0.1) is 0 Å². The summed E-state index contributed by atoms with van der Waals surface area (Å²) < 4.78 is 7.31. The fourth-order valence-corrected chi connectivity index (χ4v) is 4.94. The first kappa shape index (κ1) is 23.8. The third-order valence-corrected chi connectivity index (χ3v) is 6.58. The van der Waals surface area contributed by atoms with Gasteiger partial charge in [0.05, 0.1) is 11.3 Å². The summed E-state index contributed by atoms with van der Waals surface area (Å²) in [4.78, 5) is 30.9. The monoisotopic (exact) mass is 477 g/mol. The molecule has 0 bridgehead atoms. The van der Waals surface area contributed by atoms with Crippen LogP contribution in [0, 0.1) is 0 Å². The minimum absolute atomic E-state index is 0.137. The SMILES string of the molecule is C=CCOc1ccc(C2N(C(C)=O)c3ccccc3-c3c(=O)[nH]c(SCCCCC)n[n+]32)cc1. The first-order valence-electron chi connectivity index (χ1n) is 11.5. The van der Waals surface area contributed by atoms with Crippen molar-refractivity contribution in [3.05, 3.63) is 77.1 Å². The van der Waals surface area contributed by atoms with Crippen molar-refractivity contribution < 1.29 is 14.2 Å². The number of rotatable bonds is 9. The van der Waals surface area contributed by atoms with Crippen molar-refractivity contribution in [3.63, 3.8) is 0 Å². The Balaban J connectivity index is 1.84. The standard InChI is InChI=1S/C26H28N4O3S/c1-4-6-9-17-34-26-27-24(32)23-21-10-7-8-11-22(21)29(18(3)31)25(30(23)28-26)19-12-14-20(15-13-19)33-16-5-2/h5,7-8,10-15,25H,2,4,6,9,16-17H2,1,3H3/p+1. The van der Waals surface area contributed by atoms with Crippen LogP contribution < -0.4 is 19.9 Å². The highest BCUT2D eigenvalue weighted by Crippen LogP contribution is 2.37. The van der Waals surface area contributed by atoms with Crippen LogP contribution in [0.5, 0.6) is 5.75 Å². The molecule has 1 aliphatic rings. The van der Waals surface area contributed by atoms with Crippen molar-refractivity contribution in [2.45, 2.75) is 44.4 Å². The summed E-state index contributed by atoms with van der Waals surface area (Å²) in [7, 11) is 0. The number of anilines is 1. The highest BCUT2D eigenvalue weighted by Gasteiger charge is 2.44. The van der Waals surface area contributed by atoms with Gasteiger partial charge >= 0.3 is 11.3 Å². The van der Waals surface area contributed by atoms with E-state index in [2.05, 4.69) is 18.5 Å². The van der Waals surface area contributed by atoms with Gasteiger partial charge in [0.25, 0.3) is 6.17 Å². The van der Waals surface area contributed by atoms with Gasteiger partial charge in [0.15, 0.2) is 0 Å². The number of nitrogens with zero attached hydrogens (tertiary/aromatic N) is 3. The fraction of sp³-hybridized carbons (Fsp3) is 0.308. The zero-order valence-electron chi connectivity index (χ0n) is 19.5. The summed E-state index contributed by atoms with van der Waals surface area (Å²) in [5.74, 6) is 1.43. The average molecular weight is 478 g/mol. The maximum Gasteiger partial charge on any atom is 0.325 e. The van der Waals surface area contributed by atoms with E-state index in [9.17, 15) is 9.59 Å². The minimum atomic E-state index is -0.604. The number of nitrogens with one attached hydrogen (secondary N) is 1. The number of para-hydroxylation sites is 1. The maximum absolute atomic E-state index is 13.3. The van der Waals surface area contributed by atoms with Crippen molar-refractivity contribution in [3.8, 4) is 17.0 Å². The molecule has 0 spiro atoms. The van der Waals surface area contributed by atoms with E-state index in [1.54, 1.807) is 15.7 Å². The summed E-state index contributed by atoms with van der Waals surface area (Å²) in [6, 6.07) is 15.0. The van der Waals surface area contributed by atoms with Gasteiger partial charge < -0.3 is 4.74 Å². The molecular weight excluding hydrogens is 448 g/mol. The highest BCUT2D eigenvalue weighted by atomic mass is 32.2. The molecule has 0 aliphatic carbocycles. The van der Waals surface area contributed by atoms with E-state index in [1.165, 1.54) is 18.7 Å². The predicted octanol–water partition coefficient (Wildman–Crippen LogP) is 4.48. The Kier molecular flexibility index (Phi) is 7.47. The molecule has 1 aliphatic heterocycles. The molecule has 176 valence electrons. The molecule has 4 rings (SSSR count). The van der Waals surface area contributed by atoms with Crippen LogP contribution in [0.3, 0.4) is 0 Å². The number of unbranched alkanes of at least 4 members (excludes halogenated alkanes) is 2. The molecule has 1 aromatic heterocycles. The summed E-state index contributed by atoms with van der Waals surface area (Å²) in [5, 5.41) is 5.36. The van der Waals surface area contributed by atoms with Crippen LogP contribution in [0.4, 0.5) is 5.69 Å². The number of aromatic amines is 1. The zero-order valence-corrected chi connectivity index (χ0v) is 20.3. The highest BCUT2D eigenvalue weighted by molar-refractivity contribution is 7.99. The van der Waals surface area contributed by atoms with E-state index in [0.717, 1.165) is 30.6 Å². The third kappa shape index (κ3) is 4.77. The van der Waals surface area contributed by atoms with Gasteiger partial charge in [-0.2, -0.15) is 0 Å². The van der Waals surface area contributed by atoms with Gasteiger partial charge in [-0.3, -0.25) is 14.6 Å². The molecule has 1 atom stereocenters. The van der Waals surface area contributed by atoms with Gasteiger partial charge in [-0.25, -0.2) is 4.90 Å². The van der Waals surface area contributed by atoms with Crippen LogP contribution >= 0.6 is 11.8 Å². The van der Waals surface area contributed by atoms with Gasteiger partial charge in [0.2, 0.25) is 11.1 Å². The van der Waals surface area contributed by atoms with Crippen LogP contribution in [0.15, 0.2) is 71.1 Å². The molecule has 1 amide bonds. The Morgan fingerprint density at radius 1 is 1.24 bits per heavy atom. The molecule has 2 aromatic carbocycles. The number of benzene rings is 2. The normalized spacial score (nSPS) is 14.3. The quantitative estimate of drug-likeness (QED) is 0.213. The Labute approximate surface area is 203 Å². The topological polar surface area (TPSA) is 79.2 Å². The number of hydrogen-bond donors (Lipinski definition) is 1. The lowest BCUT2D eigenvalue weighted by Gasteiger charge is -2.31. The number of carbonyl (C=O) groups excluding carboxylic acids is 1. The van der Waals surface area contributed by atoms with Crippen LogP contribution in [0.2, 0.25) is 0 Å². The number of amides is 1. The molecular formula is C26H29N4O3S+. The van der Waals surface area contributed by atoms with Crippen LogP contribution in [0.1, 0.15) is 44.8 Å². The molecule has 8 heteroatoms. The van der Waals surface area contributed by atoms with Crippen LogP contribution in [-0.4, -0.2) is 28.3 Å². The Hall–Kier alpha value is -3.39. The first-order valence-corrected chi connectivity index (χ1v) is 12.5. The fourth-order valence-electron chi connectivity index (χ4n) is 4.09. The number of carbonyl (C=O) groups is 1.